The van der Waals surface area contributed by atoms with Crippen molar-refractivity contribution < 1.29 is 4.92 Å². The third-order valence-corrected chi connectivity index (χ3v) is 3.93. The fraction of sp³-hybridized carbons (Fsp3) is 0.105. The molecule has 0 spiro atoms. The van der Waals surface area contributed by atoms with Gasteiger partial charge in [0.2, 0.25) is 0 Å². The number of nitro groups is 1. The number of aromatic nitrogens is 1. The SMILES string of the molecule is Cc1cc(-c2ccccc2[N+](=O)[O-])cc(=O)n1Cc1ccccc1. The van der Waals surface area contributed by atoms with Crippen LogP contribution in [0.5, 0.6) is 0 Å². The summed E-state index contributed by atoms with van der Waals surface area (Å²) in [5, 5.41) is 11.2. The fourth-order valence-electron chi connectivity index (χ4n) is 2.73. The van der Waals surface area contributed by atoms with Gasteiger partial charge in [0.1, 0.15) is 0 Å². The lowest BCUT2D eigenvalue weighted by molar-refractivity contribution is -0.384. The summed E-state index contributed by atoms with van der Waals surface area (Å²) < 4.78 is 1.66. The van der Waals surface area contributed by atoms with Crippen molar-refractivity contribution in [3.05, 3.63) is 98.5 Å². The molecule has 0 saturated carbocycles. The van der Waals surface area contributed by atoms with Crippen molar-refractivity contribution in [3.8, 4) is 11.1 Å². The quantitative estimate of drug-likeness (QED) is 0.543. The average Bonchev–Trinajstić information content (AvgIpc) is 2.59. The minimum atomic E-state index is -0.430. The van der Waals surface area contributed by atoms with Crippen molar-refractivity contribution in [1.29, 1.82) is 0 Å². The Morgan fingerprint density at radius 2 is 1.67 bits per heavy atom. The highest BCUT2D eigenvalue weighted by Gasteiger charge is 2.15. The van der Waals surface area contributed by atoms with Crippen LogP contribution in [0.1, 0.15) is 11.3 Å². The van der Waals surface area contributed by atoms with E-state index >= 15 is 0 Å². The van der Waals surface area contributed by atoms with Gasteiger partial charge in [-0.05, 0) is 30.2 Å². The number of pyridine rings is 1. The van der Waals surface area contributed by atoms with Crippen molar-refractivity contribution in [1.82, 2.24) is 4.57 Å². The lowest BCUT2D eigenvalue weighted by Gasteiger charge is -2.12. The second kappa shape index (κ2) is 6.50. The van der Waals surface area contributed by atoms with Crippen LogP contribution in [0.3, 0.4) is 0 Å². The number of nitro benzene ring substituents is 1. The molecule has 0 bridgehead atoms. The van der Waals surface area contributed by atoms with Crippen LogP contribution in [0.15, 0.2) is 71.5 Å². The molecule has 0 N–H and O–H groups in total. The highest BCUT2D eigenvalue weighted by molar-refractivity contribution is 5.73. The van der Waals surface area contributed by atoms with Crippen molar-refractivity contribution in [2.45, 2.75) is 13.5 Å². The van der Waals surface area contributed by atoms with E-state index in [1.807, 2.05) is 43.3 Å². The van der Waals surface area contributed by atoms with Gasteiger partial charge < -0.3 is 4.57 Å². The Labute approximate surface area is 139 Å². The van der Waals surface area contributed by atoms with Crippen LogP contribution >= 0.6 is 0 Å². The molecule has 0 aliphatic rings. The molecule has 1 heterocycles. The number of hydrogen-bond donors (Lipinski definition) is 0. The largest absolute Gasteiger partial charge is 0.308 e. The highest BCUT2D eigenvalue weighted by Crippen LogP contribution is 2.29. The zero-order valence-electron chi connectivity index (χ0n) is 13.2. The molecule has 3 rings (SSSR count). The van der Waals surface area contributed by atoms with Crippen molar-refractivity contribution in [2.24, 2.45) is 0 Å². The number of rotatable bonds is 4. The van der Waals surface area contributed by atoms with Gasteiger partial charge in [-0.2, -0.15) is 0 Å². The van der Waals surface area contributed by atoms with Gasteiger partial charge in [0.25, 0.3) is 11.2 Å². The van der Waals surface area contributed by atoms with Gasteiger partial charge in [-0.3, -0.25) is 14.9 Å². The van der Waals surface area contributed by atoms with Crippen molar-refractivity contribution in [3.63, 3.8) is 0 Å². The Kier molecular flexibility index (Phi) is 4.24. The molecule has 0 amide bonds. The normalized spacial score (nSPS) is 10.5. The lowest BCUT2D eigenvalue weighted by Crippen LogP contribution is -2.22. The van der Waals surface area contributed by atoms with Gasteiger partial charge in [0.05, 0.1) is 17.0 Å². The van der Waals surface area contributed by atoms with Gasteiger partial charge in [0.15, 0.2) is 0 Å². The molecule has 3 aromatic rings. The summed E-state index contributed by atoms with van der Waals surface area (Å²) in [7, 11) is 0. The lowest BCUT2D eigenvalue weighted by atomic mass is 10.0. The summed E-state index contributed by atoms with van der Waals surface area (Å²) in [6, 6.07) is 19.4. The van der Waals surface area contributed by atoms with Crippen LogP contribution in [0.2, 0.25) is 0 Å². The Balaban J connectivity index is 2.05. The molecule has 0 unspecified atom stereocenters. The van der Waals surface area contributed by atoms with Gasteiger partial charge in [-0.25, -0.2) is 0 Å². The summed E-state index contributed by atoms with van der Waals surface area (Å²) in [4.78, 5) is 23.3. The van der Waals surface area contributed by atoms with E-state index in [4.69, 9.17) is 0 Å². The topological polar surface area (TPSA) is 65.1 Å². The molecule has 5 heteroatoms. The van der Waals surface area contributed by atoms with E-state index in [1.165, 1.54) is 12.1 Å². The Bertz CT molecular complexity index is 946. The average molecular weight is 320 g/mol. The van der Waals surface area contributed by atoms with E-state index in [9.17, 15) is 14.9 Å². The third-order valence-electron chi connectivity index (χ3n) is 3.93. The molecular weight excluding hydrogens is 304 g/mol. The molecule has 0 aliphatic carbocycles. The van der Waals surface area contributed by atoms with E-state index in [0.29, 0.717) is 17.7 Å². The van der Waals surface area contributed by atoms with Crippen molar-refractivity contribution >= 4 is 5.69 Å². The first-order valence-electron chi connectivity index (χ1n) is 7.55. The van der Waals surface area contributed by atoms with Crippen LogP contribution in [0, 0.1) is 17.0 Å². The van der Waals surface area contributed by atoms with Gasteiger partial charge in [-0.1, -0.05) is 42.5 Å². The molecule has 24 heavy (non-hydrogen) atoms. The van der Waals surface area contributed by atoms with E-state index in [0.717, 1.165) is 11.3 Å². The van der Waals surface area contributed by atoms with Crippen LogP contribution < -0.4 is 5.56 Å². The predicted octanol–water partition coefficient (Wildman–Crippen LogP) is 3.78. The molecule has 0 radical (unpaired) electrons. The Morgan fingerprint density at radius 3 is 2.33 bits per heavy atom. The fourth-order valence-corrected chi connectivity index (χ4v) is 2.73. The smallest absolute Gasteiger partial charge is 0.277 e. The molecule has 120 valence electrons. The molecule has 1 aromatic heterocycles. The maximum atomic E-state index is 12.5. The second-order valence-electron chi connectivity index (χ2n) is 5.57. The molecule has 5 nitrogen and oxygen atoms in total. The Morgan fingerprint density at radius 1 is 1.00 bits per heavy atom. The standard InChI is InChI=1S/C19H16N2O3/c1-14-11-16(17-9-5-6-10-18(17)21(23)24)12-19(22)20(14)13-15-7-3-2-4-8-15/h2-12H,13H2,1H3. The summed E-state index contributed by atoms with van der Waals surface area (Å²) in [5.74, 6) is 0. The maximum Gasteiger partial charge on any atom is 0.277 e. The highest BCUT2D eigenvalue weighted by atomic mass is 16.6. The zero-order valence-corrected chi connectivity index (χ0v) is 13.2. The number of aryl methyl sites for hydroxylation is 1. The minimum absolute atomic E-state index is 0.00268. The number of para-hydroxylation sites is 1. The molecule has 0 fully saturated rings. The molecule has 0 aliphatic heterocycles. The van der Waals surface area contributed by atoms with Crippen LogP contribution in [-0.2, 0) is 6.54 Å². The number of nitrogens with zero attached hydrogens (tertiary/aromatic N) is 2. The van der Waals surface area contributed by atoms with Gasteiger partial charge in [-0.15, -0.1) is 0 Å². The summed E-state index contributed by atoms with van der Waals surface area (Å²) in [6.45, 7) is 2.31. The molecule has 0 atom stereocenters. The summed E-state index contributed by atoms with van der Waals surface area (Å²) in [5.41, 5.74) is 2.63. The second-order valence-corrected chi connectivity index (χ2v) is 5.57. The molecule has 2 aromatic carbocycles. The van der Waals surface area contributed by atoms with Crippen LogP contribution in [0.4, 0.5) is 5.69 Å². The number of benzene rings is 2. The first-order chi connectivity index (χ1) is 11.6. The third kappa shape index (κ3) is 3.10. The summed E-state index contributed by atoms with van der Waals surface area (Å²) in [6.07, 6.45) is 0. The van der Waals surface area contributed by atoms with E-state index in [2.05, 4.69) is 0 Å². The van der Waals surface area contributed by atoms with E-state index < -0.39 is 4.92 Å². The van der Waals surface area contributed by atoms with E-state index in [-0.39, 0.29) is 11.2 Å². The van der Waals surface area contributed by atoms with Gasteiger partial charge in [0, 0.05) is 17.8 Å². The van der Waals surface area contributed by atoms with Crippen LogP contribution in [-0.4, -0.2) is 9.49 Å². The zero-order chi connectivity index (χ0) is 17.1. The predicted molar refractivity (Wildman–Crippen MR) is 93.1 cm³/mol. The minimum Gasteiger partial charge on any atom is -0.308 e. The number of hydrogen-bond acceptors (Lipinski definition) is 3. The van der Waals surface area contributed by atoms with Crippen molar-refractivity contribution in [2.75, 3.05) is 0 Å². The first-order valence-corrected chi connectivity index (χ1v) is 7.55. The first kappa shape index (κ1) is 15.7. The maximum absolute atomic E-state index is 12.5. The summed E-state index contributed by atoms with van der Waals surface area (Å²) >= 11 is 0. The monoisotopic (exact) mass is 320 g/mol. The molecular formula is C19H16N2O3. The van der Waals surface area contributed by atoms with Crippen LogP contribution in [0.25, 0.3) is 11.1 Å². The van der Waals surface area contributed by atoms with Gasteiger partial charge >= 0.3 is 0 Å². The molecule has 0 saturated heterocycles. The Hall–Kier alpha value is -3.21. The van der Waals surface area contributed by atoms with E-state index in [1.54, 1.807) is 22.8 Å².